The molecule has 1 unspecified atom stereocenters. The predicted molar refractivity (Wildman–Crippen MR) is 98.3 cm³/mol. The van der Waals surface area contributed by atoms with Crippen LogP contribution in [0.15, 0.2) is 35.5 Å². The Bertz CT molecular complexity index is 947. The van der Waals surface area contributed by atoms with E-state index in [1.165, 1.54) is 10.7 Å². The molecule has 146 valence electrons. The molecular weight excluding hydrogens is 364 g/mol. The van der Waals surface area contributed by atoms with Gasteiger partial charge in [-0.15, -0.1) is 0 Å². The lowest BCUT2D eigenvalue weighted by Gasteiger charge is -2.29. The number of para-hydroxylation sites is 1. The topological polar surface area (TPSA) is 125 Å². The van der Waals surface area contributed by atoms with Crippen LogP contribution in [0.2, 0.25) is 0 Å². The Morgan fingerprint density at radius 1 is 1.29 bits per heavy atom. The number of ether oxygens (including phenoxy) is 1. The van der Waals surface area contributed by atoms with E-state index in [0.29, 0.717) is 17.2 Å². The highest BCUT2D eigenvalue weighted by Crippen LogP contribution is 2.39. The summed E-state index contributed by atoms with van der Waals surface area (Å²) >= 11 is 0. The number of nitro groups is 1. The molecule has 1 aromatic carbocycles. The van der Waals surface area contributed by atoms with Gasteiger partial charge in [0, 0.05) is 11.8 Å². The number of nitrogens with one attached hydrogen (secondary N) is 1. The number of fused-ring (bicyclic) bond motifs is 1. The maximum absolute atomic E-state index is 13.1. The fourth-order valence-corrected chi connectivity index (χ4v) is 3.85. The number of tetrazole rings is 1. The number of allylic oxidation sites excluding steroid dienone is 1. The molecule has 0 bridgehead atoms. The largest absolute Gasteiger partial charge is 0.459 e. The zero-order valence-corrected chi connectivity index (χ0v) is 15.4. The van der Waals surface area contributed by atoms with E-state index in [0.717, 1.165) is 32.1 Å². The van der Waals surface area contributed by atoms with Crippen molar-refractivity contribution >= 4 is 17.6 Å². The first kappa shape index (κ1) is 18.1. The van der Waals surface area contributed by atoms with Crippen LogP contribution in [0.4, 0.5) is 11.6 Å². The zero-order valence-electron chi connectivity index (χ0n) is 15.4. The van der Waals surface area contributed by atoms with E-state index in [4.69, 9.17) is 4.74 Å². The normalized spacial score (nSPS) is 19.7. The first-order valence-electron chi connectivity index (χ1n) is 9.26. The molecule has 2 aromatic rings. The van der Waals surface area contributed by atoms with Gasteiger partial charge in [-0.2, -0.15) is 4.68 Å². The van der Waals surface area contributed by atoms with Gasteiger partial charge in [0.2, 0.25) is 5.95 Å². The van der Waals surface area contributed by atoms with Crippen molar-refractivity contribution in [2.24, 2.45) is 0 Å². The summed E-state index contributed by atoms with van der Waals surface area (Å²) in [6.45, 7) is 1.72. The molecule has 1 fully saturated rings. The molecule has 4 rings (SSSR count). The average molecular weight is 384 g/mol. The van der Waals surface area contributed by atoms with Crippen LogP contribution >= 0.6 is 0 Å². The third kappa shape index (κ3) is 3.21. The number of aromatic nitrogens is 4. The van der Waals surface area contributed by atoms with Crippen molar-refractivity contribution in [2.75, 3.05) is 5.32 Å². The number of carbonyl (C=O) groups excluding carboxylic acids is 1. The van der Waals surface area contributed by atoms with Gasteiger partial charge in [0.1, 0.15) is 12.1 Å². The maximum atomic E-state index is 13.1. The number of rotatable bonds is 4. The van der Waals surface area contributed by atoms with Crippen LogP contribution < -0.4 is 5.32 Å². The van der Waals surface area contributed by atoms with E-state index in [2.05, 4.69) is 20.8 Å². The molecule has 1 aliphatic heterocycles. The number of carbonyl (C=O) groups is 1. The molecule has 28 heavy (non-hydrogen) atoms. The molecule has 1 aliphatic carbocycles. The van der Waals surface area contributed by atoms with Gasteiger partial charge in [0.05, 0.1) is 16.1 Å². The smallest absolute Gasteiger partial charge is 0.338 e. The van der Waals surface area contributed by atoms with Gasteiger partial charge in [-0.05, 0) is 49.1 Å². The van der Waals surface area contributed by atoms with Crippen LogP contribution in [0.3, 0.4) is 0 Å². The molecule has 10 nitrogen and oxygen atoms in total. The summed E-state index contributed by atoms with van der Waals surface area (Å²) < 4.78 is 7.14. The summed E-state index contributed by atoms with van der Waals surface area (Å²) in [6.07, 6.45) is 4.72. The number of anilines is 1. The van der Waals surface area contributed by atoms with E-state index in [1.807, 2.05) is 0 Å². The second-order valence-corrected chi connectivity index (χ2v) is 6.99. The molecule has 0 radical (unpaired) electrons. The Balaban J connectivity index is 1.77. The fraction of sp³-hybridized carbons (Fsp3) is 0.444. The SMILES string of the molecule is CC1=C(C(=O)OC2CCCCC2)C(c2ccccc2[N+](=O)[O-])n2nnnc2N1. The molecule has 1 saturated carbocycles. The summed E-state index contributed by atoms with van der Waals surface area (Å²) in [5.41, 5.74) is 1.02. The summed E-state index contributed by atoms with van der Waals surface area (Å²) in [4.78, 5) is 24.2. The minimum atomic E-state index is -0.844. The Hall–Kier alpha value is -3.30. The Kier molecular flexibility index (Phi) is 4.76. The fourth-order valence-electron chi connectivity index (χ4n) is 3.85. The zero-order chi connectivity index (χ0) is 19.7. The van der Waals surface area contributed by atoms with Gasteiger partial charge in [-0.1, -0.05) is 23.7 Å². The monoisotopic (exact) mass is 384 g/mol. The maximum Gasteiger partial charge on any atom is 0.338 e. The number of hydrogen-bond acceptors (Lipinski definition) is 8. The van der Waals surface area contributed by atoms with Crippen LogP contribution in [-0.2, 0) is 9.53 Å². The standard InChI is InChI=1S/C18H20N6O4/c1-11-15(17(25)28-12-7-3-2-4-8-12)16(23-18(19-11)20-21-22-23)13-9-5-6-10-14(13)24(26)27/h5-6,9-10,12,16H,2-4,7-8H2,1H3,(H,19,20,22). The van der Waals surface area contributed by atoms with Crippen LogP contribution in [0.1, 0.15) is 50.6 Å². The lowest BCUT2D eigenvalue weighted by molar-refractivity contribution is -0.385. The molecular formula is C18H20N6O4. The van der Waals surface area contributed by atoms with Gasteiger partial charge in [-0.25, -0.2) is 4.79 Å². The molecule has 1 atom stereocenters. The van der Waals surface area contributed by atoms with E-state index in [1.54, 1.807) is 25.1 Å². The Morgan fingerprint density at radius 2 is 2.04 bits per heavy atom. The van der Waals surface area contributed by atoms with Gasteiger partial charge in [-0.3, -0.25) is 10.1 Å². The Morgan fingerprint density at radius 3 is 2.79 bits per heavy atom. The van der Waals surface area contributed by atoms with Gasteiger partial charge in [0.25, 0.3) is 5.69 Å². The highest BCUT2D eigenvalue weighted by Gasteiger charge is 2.39. The highest BCUT2D eigenvalue weighted by atomic mass is 16.6. The molecule has 1 N–H and O–H groups in total. The molecule has 10 heteroatoms. The number of esters is 1. The molecule has 2 heterocycles. The number of nitro benzene ring substituents is 1. The van der Waals surface area contributed by atoms with Crippen LogP contribution in [0.25, 0.3) is 0 Å². The minimum Gasteiger partial charge on any atom is -0.459 e. The molecule has 0 spiro atoms. The molecule has 2 aliphatic rings. The Labute approximate surface area is 160 Å². The molecule has 0 saturated heterocycles. The van der Waals surface area contributed by atoms with Crippen molar-refractivity contribution in [3.63, 3.8) is 0 Å². The van der Waals surface area contributed by atoms with Crippen molar-refractivity contribution < 1.29 is 14.5 Å². The molecule has 1 aromatic heterocycles. The van der Waals surface area contributed by atoms with E-state index in [-0.39, 0.29) is 17.4 Å². The van der Waals surface area contributed by atoms with Crippen molar-refractivity contribution in [2.45, 2.75) is 51.2 Å². The van der Waals surface area contributed by atoms with E-state index >= 15 is 0 Å². The number of nitrogens with zero attached hydrogens (tertiary/aromatic N) is 5. The summed E-state index contributed by atoms with van der Waals surface area (Å²) in [6, 6.07) is 5.44. The first-order valence-corrected chi connectivity index (χ1v) is 9.26. The van der Waals surface area contributed by atoms with Crippen molar-refractivity contribution in [3.05, 3.63) is 51.2 Å². The highest BCUT2D eigenvalue weighted by molar-refractivity contribution is 5.92. The van der Waals surface area contributed by atoms with E-state index < -0.39 is 16.9 Å². The van der Waals surface area contributed by atoms with Crippen LogP contribution in [-0.4, -0.2) is 37.2 Å². The predicted octanol–water partition coefficient (Wildman–Crippen LogP) is 2.75. The molecule has 0 amide bonds. The first-order chi connectivity index (χ1) is 13.6. The minimum absolute atomic E-state index is 0.105. The van der Waals surface area contributed by atoms with Crippen LogP contribution in [0.5, 0.6) is 0 Å². The van der Waals surface area contributed by atoms with Gasteiger partial charge < -0.3 is 10.1 Å². The lowest BCUT2D eigenvalue weighted by Crippen LogP contribution is -2.32. The van der Waals surface area contributed by atoms with Crippen molar-refractivity contribution in [1.82, 2.24) is 20.2 Å². The summed E-state index contributed by atoms with van der Waals surface area (Å²) in [7, 11) is 0. The average Bonchev–Trinajstić information content (AvgIpc) is 3.15. The van der Waals surface area contributed by atoms with Crippen LogP contribution in [0, 0.1) is 10.1 Å². The second kappa shape index (κ2) is 7.37. The van der Waals surface area contributed by atoms with Crippen molar-refractivity contribution in [3.8, 4) is 0 Å². The number of hydrogen-bond donors (Lipinski definition) is 1. The third-order valence-corrected chi connectivity index (χ3v) is 5.19. The quantitative estimate of drug-likeness (QED) is 0.484. The van der Waals surface area contributed by atoms with E-state index in [9.17, 15) is 14.9 Å². The number of benzene rings is 1. The second-order valence-electron chi connectivity index (χ2n) is 6.99. The van der Waals surface area contributed by atoms with Gasteiger partial charge >= 0.3 is 5.97 Å². The summed E-state index contributed by atoms with van der Waals surface area (Å²) in [5.74, 6) is -0.184. The van der Waals surface area contributed by atoms with Gasteiger partial charge in [0.15, 0.2) is 0 Å². The third-order valence-electron chi connectivity index (χ3n) is 5.19. The lowest BCUT2D eigenvalue weighted by atomic mass is 9.94. The van der Waals surface area contributed by atoms with Crippen molar-refractivity contribution in [1.29, 1.82) is 0 Å². The summed E-state index contributed by atoms with van der Waals surface area (Å²) in [5, 5.41) is 26.1.